The molecule has 0 radical (unpaired) electrons. The summed E-state index contributed by atoms with van der Waals surface area (Å²) < 4.78 is 29.6. The number of nitrogens with zero attached hydrogens (tertiary/aromatic N) is 4. The zero-order valence-electron chi connectivity index (χ0n) is 18.1. The SMILES string of the molecule is C.O=C1CCC(Nc2ncc3nc(Nc4ccc(F)cc4F)n(C4CCC(O)CC4)c3n2)CC1. The molecule has 2 aliphatic carbocycles. The van der Waals surface area contributed by atoms with Crippen molar-refractivity contribution in [3.05, 3.63) is 36.0 Å². The number of fused-ring (bicyclic) bond motifs is 1. The van der Waals surface area contributed by atoms with E-state index < -0.39 is 11.6 Å². The van der Waals surface area contributed by atoms with Crippen LogP contribution in [-0.4, -0.2) is 42.6 Å². The number of aromatic nitrogens is 4. The third kappa shape index (κ3) is 5.01. The van der Waals surface area contributed by atoms with Gasteiger partial charge >= 0.3 is 0 Å². The van der Waals surface area contributed by atoms with E-state index in [1.54, 1.807) is 6.20 Å². The molecule has 2 fully saturated rings. The molecule has 34 heavy (non-hydrogen) atoms. The van der Waals surface area contributed by atoms with E-state index >= 15 is 0 Å². The lowest BCUT2D eigenvalue weighted by Crippen LogP contribution is -2.27. The number of hydrogen-bond acceptors (Lipinski definition) is 7. The molecule has 0 amide bonds. The molecule has 10 heteroatoms. The summed E-state index contributed by atoms with van der Waals surface area (Å²) in [6, 6.07) is 3.49. The molecule has 8 nitrogen and oxygen atoms in total. The van der Waals surface area contributed by atoms with E-state index in [2.05, 4.69) is 20.6 Å². The second kappa shape index (κ2) is 10.0. The molecule has 5 rings (SSSR count). The molecule has 3 aromatic rings. The van der Waals surface area contributed by atoms with Gasteiger partial charge in [-0.2, -0.15) is 4.98 Å². The van der Waals surface area contributed by atoms with Gasteiger partial charge in [-0.1, -0.05) is 7.43 Å². The predicted octanol–water partition coefficient (Wildman–Crippen LogP) is 4.88. The molecule has 2 aromatic heterocycles. The highest BCUT2D eigenvalue weighted by Gasteiger charge is 2.27. The lowest BCUT2D eigenvalue weighted by Gasteiger charge is -2.28. The highest BCUT2D eigenvalue weighted by atomic mass is 19.1. The number of aliphatic hydroxyl groups excluding tert-OH is 1. The fraction of sp³-hybridized carbons (Fsp3) is 0.500. The quantitative estimate of drug-likeness (QED) is 0.486. The number of rotatable bonds is 5. The molecule has 0 atom stereocenters. The molecular formula is C24H30F2N6O2. The lowest BCUT2D eigenvalue weighted by atomic mass is 9.93. The van der Waals surface area contributed by atoms with Crippen molar-refractivity contribution in [3.8, 4) is 0 Å². The van der Waals surface area contributed by atoms with Gasteiger partial charge in [0.05, 0.1) is 18.0 Å². The number of carbonyl (C=O) groups excluding carboxylic acids is 1. The largest absolute Gasteiger partial charge is 0.393 e. The predicted molar refractivity (Wildman–Crippen MR) is 126 cm³/mol. The fourth-order valence-electron chi connectivity index (χ4n) is 4.69. The van der Waals surface area contributed by atoms with Crippen molar-refractivity contribution in [3.63, 3.8) is 0 Å². The number of carbonyl (C=O) groups is 1. The topological polar surface area (TPSA) is 105 Å². The molecule has 0 bridgehead atoms. The normalized spacial score (nSPS) is 21.3. The van der Waals surface area contributed by atoms with Crippen LogP contribution in [0.4, 0.5) is 26.4 Å². The number of ketones is 1. The third-order valence-corrected chi connectivity index (χ3v) is 6.52. The van der Waals surface area contributed by atoms with E-state index in [4.69, 9.17) is 4.98 Å². The molecule has 3 N–H and O–H groups in total. The number of Topliss-reactive ketones (excluding diaryl/α,β-unsaturated/α-hetero) is 1. The van der Waals surface area contributed by atoms with Gasteiger partial charge in [-0.3, -0.25) is 9.36 Å². The zero-order chi connectivity index (χ0) is 22.9. The van der Waals surface area contributed by atoms with Crippen LogP contribution in [0.2, 0.25) is 0 Å². The summed E-state index contributed by atoms with van der Waals surface area (Å²) in [4.78, 5) is 25.2. The molecule has 2 aliphatic rings. The molecule has 0 unspecified atom stereocenters. The summed E-state index contributed by atoms with van der Waals surface area (Å²) in [7, 11) is 0. The van der Waals surface area contributed by atoms with Crippen LogP contribution < -0.4 is 10.6 Å². The Kier molecular flexibility index (Phi) is 7.06. The summed E-state index contributed by atoms with van der Waals surface area (Å²) in [5, 5.41) is 16.3. The summed E-state index contributed by atoms with van der Waals surface area (Å²) >= 11 is 0. The summed E-state index contributed by atoms with van der Waals surface area (Å²) in [6.45, 7) is 0. The molecule has 0 aliphatic heterocycles. The van der Waals surface area contributed by atoms with Gasteiger partial charge in [0.15, 0.2) is 5.65 Å². The number of aliphatic hydroxyl groups is 1. The minimum atomic E-state index is -0.715. The number of imidazole rings is 1. The Morgan fingerprint density at radius 3 is 2.47 bits per heavy atom. The average Bonchev–Trinajstić information content (AvgIpc) is 3.15. The van der Waals surface area contributed by atoms with Crippen molar-refractivity contribution in [2.75, 3.05) is 10.6 Å². The van der Waals surface area contributed by atoms with Crippen LogP contribution in [0.25, 0.3) is 11.2 Å². The van der Waals surface area contributed by atoms with Gasteiger partial charge in [-0.05, 0) is 50.7 Å². The summed E-state index contributed by atoms with van der Waals surface area (Å²) in [5.74, 6) is -0.234. The van der Waals surface area contributed by atoms with Crippen molar-refractivity contribution in [1.29, 1.82) is 0 Å². The average molecular weight is 473 g/mol. The van der Waals surface area contributed by atoms with E-state index in [-0.39, 0.29) is 37.1 Å². The Labute approximate surface area is 196 Å². The van der Waals surface area contributed by atoms with Crippen molar-refractivity contribution in [2.45, 2.75) is 77.0 Å². The first-order valence-electron chi connectivity index (χ1n) is 11.4. The number of halogens is 2. The highest BCUT2D eigenvalue weighted by Crippen LogP contribution is 2.35. The first-order valence-corrected chi connectivity index (χ1v) is 11.4. The number of nitrogens with one attached hydrogen (secondary N) is 2. The van der Waals surface area contributed by atoms with E-state index in [9.17, 15) is 18.7 Å². The van der Waals surface area contributed by atoms with Crippen LogP contribution >= 0.6 is 0 Å². The highest BCUT2D eigenvalue weighted by molar-refractivity contribution is 5.79. The van der Waals surface area contributed by atoms with E-state index in [0.717, 1.165) is 31.7 Å². The summed E-state index contributed by atoms with van der Waals surface area (Å²) in [5.41, 5.74) is 1.27. The summed E-state index contributed by atoms with van der Waals surface area (Å²) in [6.07, 6.45) is 6.66. The fourth-order valence-corrected chi connectivity index (χ4v) is 4.69. The lowest BCUT2D eigenvalue weighted by molar-refractivity contribution is -0.120. The Hall–Kier alpha value is -3.14. The molecule has 182 valence electrons. The van der Waals surface area contributed by atoms with Crippen molar-refractivity contribution >= 4 is 34.5 Å². The van der Waals surface area contributed by atoms with Gasteiger partial charge in [0, 0.05) is 31.0 Å². The first kappa shape index (κ1) is 24.0. The molecular weight excluding hydrogens is 442 g/mol. The van der Waals surface area contributed by atoms with Gasteiger partial charge in [-0.15, -0.1) is 0 Å². The van der Waals surface area contributed by atoms with Crippen LogP contribution in [0.15, 0.2) is 24.4 Å². The second-order valence-electron chi connectivity index (χ2n) is 8.88. The number of benzene rings is 1. The monoisotopic (exact) mass is 472 g/mol. The standard InChI is InChI=1S/C23H26F2N6O2.CH4/c24-13-1-10-19(18(25)11-13)28-23-29-20-12-26-22(27-14-2-6-16(32)7-3-14)30-21(20)31(23)15-4-8-17(33)9-5-15;/h1,10-12,14-15,17,33H,2-9H2,(H,28,29)(H,26,27,30);1H4. The maximum absolute atomic E-state index is 14.3. The van der Waals surface area contributed by atoms with Gasteiger partial charge in [0.2, 0.25) is 11.9 Å². The minimum absolute atomic E-state index is 0. The van der Waals surface area contributed by atoms with Gasteiger partial charge in [-0.25, -0.2) is 18.7 Å². The van der Waals surface area contributed by atoms with Gasteiger partial charge < -0.3 is 15.7 Å². The van der Waals surface area contributed by atoms with Gasteiger partial charge in [0.25, 0.3) is 0 Å². The van der Waals surface area contributed by atoms with Crippen molar-refractivity contribution in [2.24, 2.45) is 0 Å². The molecule has 1 aromatic carbocycles. The van der Waals surface area contributed by atoms with Crippen molar-refractivity contribution < 1.29 is 18.7 Å². The molecule has 2 saturated carbocycles. The van der Waals surface area contributed by atoms with E-state index in [1.165, 1.54) is 12.1 Å². The Bertz CT molecular complexity index is 1170. The van der Waals surface area contributed by atoms with Gasteiger partial charge in [0.1, 0.15) is 22.9 Å². The first-order chi connectivity index (χ1) is 16.0. The van der Waals surface area contributed by atoms with E-state index in [1.807, 2.05) is 4.57 Å². The van der Waals surface area contributed by atoms with Crippen LogP contribution in [0.5, 0.6) is 0 Å². The Morgan fingerprint density at radius 2 is 1.76 bits per heavy atom. The zero-order valence-corrected chi connectivity index (χ0v) is 18.1. The molecule has 2 heterocycles. The Balaban J connectivity index is 0.00000274. The molecule has 0 saturated heterocycles. The minimum Gasteiger partial charge on any atom is -0.393 e. The molecule has 0 spiro atoms. The van der Waals surface area contributed by atoms with Crippen LogP contribution in [0.1, 0.15) is 64.8 Å². The van der Waals surface area contributed by atoms with Crippen LogP contribution in [-0.2, 0) is 4.79 Å². The van der Waals surface area contributed by atoms with Crippen LogP contribution in [0, 0.1) is 11.6 Å². The Morgan fingerprint density at radius 1 is 1.03 bits per heavy atom. The third-order valence-electron chi connectivity index (χ3n) is 6.52. The second-order valence-corrected chi connectivity index (χ2v) is 8.88. The van der Waals surface area contributed by atoms with Crippen LogP contribution in [0.3, 0.4) is 0 Å². The van der Waals surface area contributed by atoms with Crippen molar-refractivity contribution in [1.82, 2.24) is 19.5 Å². The maximum Gasteiger partial charge on any atom is 0.224 e. The number of anilines is 3. The smallest absolute Gasteiger partial charge is 0.224 e. The maximum atomic E-state index is 14.3. The van der Waals surface area contributed by atoms with E-state index in [0.29, 0.717) is 48.7 Å². The number of hydrogen-bond donors (Lipinski definition) is 3.